The first-order chi connectivity index (χ1) is 15.1. The van der Waals surface area contributed by atoms with Crippen molar-refractivity contribution in [1.82, 2.24) is 9.97 Å². The molecule has 0 spiro atoms. The van der Waals surface area contributed by atoms with E-state index in [4.69, 9.17) is 0 Å². The summed E-state index contributed by atoms with van der Waals surface area (Å²) in [5.74, 6) is 0.967. The highest BCUT2D eigenvalue weighted by Gasteiger charge is 2.10. The van der Waals surface area contributed by atoms with Crippen LogP contribution in [0.3, 0.4) is 0 Å². The van der Waals surface area contributed by atoms with Gasteiger partial charge < -0.3 is 4.98 Å². The van der Waals surface area contributed by atoms with Crippen LogP contribution in [-0.2, 0) is 12.8 Å². The molecular weight excluding hydrogens is 406 g/mol. The van der Waals surface area contributed by atoms with Gasteiger partial charge in [0.1, 0.15) is 0 Å². The van der Waals surface area contributed by atoms with Gasteiger partial charge in [-0.25, -0.2) is 4.98 Å². The molecule has 0 radical (unpaired) electrons. The molecule has 5 nitrogen and oxygen atoms in total. The first kappa shape index (κ1) is 23.1. The zero-order valence-electron chi connectivity index (χ0n) is 18.2. The van der Waals surface area contributed by atoms with E-state index < -0.39 is 0 Å². The van der Waals surface area contributed by atoms with Gasteiger partial charge in [0.05, 0.1) is 0 Å². The molecule has 0 unspecified atom stereocenters. The second kappa shape index (κ2) is 12.3. The molecule has 0 saturated carbocycles. The van der Waals surface area contributed by atoms with Crippen LogP contribution in [0.4, 0.5) is 0 Å². The van der Waals surface area contributed by atoms with Gasteiger partial charge in [-0.2, -0.15) is 0 Å². The van der Waals surface area contributed by atoms with Crippen LogP contribution >= 0.6 is 11.8 Å². The molecule has 0 saturated heterocycles. The molecule has 2 heterocycles. The van der Waals surface area contributed by atoms with Crippen LogP contribution in [0.5, 0.6) is 0 Å². The highest BCUT2D eigenvalue weighted by Crippen LogP contribution is 2.16. The molecule has 0 aliphatic heterocycles. The van der Waals surface area contributed by atoms with Crippen molar-refractivity contribution in [2.24, 2.45) is 0 Å². The molecule has 0 atom stereocenters. The number of pyridine rings is 1. The van der Waals surface area contributed by atoms with Crippen LogP contribution in [0.2, 0.25) is 0 Å². The van der Waals surface area contributed by atoms with Gasteiger partial charge in [0.2, 0.25) is 11.9 Å². The van der Waals surface area contributed by atoms with Gasteiger partial charge in [0, 0.05) is 47.2 Å². The maximum atomic E-state index is 12.4. The van der Waals surface area contributed by atoms with Crippen LogP contribution in [0, 0.1) is 6.92 Å². The fraction of sp³-hybridized carbons (Fsp3) is 0.400. The summed E-state index contributed by atoms with van der Waals surface area (Å²) in [6.45, 7) is 1.82. The van der Waals surface area contributed by atoms with Gasteiger partial charge in [-0.3, -0.25) is 10.0 Å². The number of aromatic amines is 1. The third-order valence-electron chi connectivity index (χ3n) is 5.37. The van der Waals surface area contributed by atoms with Crippen molar-refractivity contribution in [2.75, 3.05) is 5.75 Å². The van der Waals surface area contributed by atoms with E-state index in [0.29, 0.717) is 17.1 Å². The minimum atomic E-state index is -0.110. The maximum absolute atomic E-state index is 12.4. The Kier molecular flexibility index (Phi) is 9.16. The number of nitrogens with zero attached hydrogens (tertiary/aromatic N) is 2. The number of unbranched alkanes of at least 4 members (excludes halogenated alkanes) is 5. The third-order valence-corrected chi connectivity index (χ3v) is 6.35. The number of hydrogen-bond donors (Lipinski definition) is 2. The number of hydrogen-bond acceptors (Lipinski definition) is 4. The van der Waals surface area contributed by atoms with Crippen molar-refractivity contribution in [2.45, 2.75) is 63.4 Å². The molecule has 0 bridgehead atoms. The lowest BCUT2D eigenvalue weighted by molar-refractivity contribution is -0.909. The number of thioether (sulfide) groups is 1. The van der Waals surface area contributed by atoms with Crippen molar-refractivity contribution in [1.29, 1.82) is 0 Å². The smallest absolute Gasteiger partial charge is 0.255 e. The molecule has 3 rings (SSSR count). The Hall–Kier alpha value is -2.60. The Morgan fingerprint density at radius 2 is 1.71 bits per heavy atom. The molecule has 2 aromatic heterocycles. The average molecular weight is 439 g/mol. The van der Waals surface area contributed by atoms with Gasteiger partial charge in [0.25, 0.3) is 5.56 Å². The molecule has 31 heavy (non-hydrogen) atoms. The van der Waals surface area contributed by atoms with Crippen molar-refractivity contribution in [3.05, 3.63) is 87.6 Å². The Morgan fingerprint density at radius 3 is 2.45 bits per heavy atom. The summed E-state index contributed by atoms with van der Waals surface area (Å²) in [6, 6.07) is 14.4. The largest absolute Gasteiger partial charge is 0.301 e. The van der Waals surface area contributed by atoms with Crippen molar-refractivity contribution in [3.63, 3.8) is 0 Å². The summed E-state index contributed by atoms with van der Waals surface area (Å²) in [5, 5.41) is 10.4. The van der Waals surface area contributed by atoms with E-state index in [2.05, 4.69) is 40.3 Å². The third kappa shape index (κ3) is 7.87. The number of aryl methyl sites for hydroxylation is 2. The molecular formula is C25H32N3O2S+. The summed E-state index contributed by atoms with van der Waals surface area (Å²) < 4.78 is 1.07. The number of rotatable bonds is 12. The molecule has 0 fully saturated rings. The lowest BCUT2D eigenvalue weighted by Crippen LogP contribution is -2.33. The van der Waals surface area contributed by atoms with E-state index in [1.165, 1.54) is 44.1 Å². The normalized spacial score (nSPS) is 11.0. The maximum Gasteiger partial charge on any atom is 0.255 e. The summed E-state index contributed by atoms with van der Waals surface area (Å²) in [7, 11) is 0. The minimum absolute atomic E-state index is 0.110. The monoisotopic (exact) mass is 438 g/mol. The molecule has 2 N–H and O–H groups in total. The van der Waals surface area contributed by atoms with Crippen LogP contribution < -0.4 is 10.3 Å². The Balaban J connectivity index is 1.30. The lowest BCUT2D eigenvalue weighted by atomic mass is 10.1. The van der Waals surface area contributed by atoms with E-state index in [1.54, 1.807) is 24.2 Å². The Morgan fingerprint density at radius 1 is 0.968 bits per heavy atom. The van der Waals surface area contributed by atoms with Gasteiger partial charge in [0.15, 0.2) is 5.16 Å². The van der Waals surface area contributed by atoms with E-state index in [1.807, 2.05) is 19.1 Å². The predicted molar refractivity (Wildman–Crippen MR) is 125 cm³/mol. The minimum Gasteiger partial charge on any atom is -0.301 e. The van der Waals surface area contributed by atoms with Gasteiger partial charge in [-0.05, 0) is 30.9 Å². The zero-order valence-corrected chi connectivity index (χ0v) is 19.0. The van der Waals surface area contributed by atoms with Gasteiger partial charge >= 0.3 is 0 Å². The summed E-state index contributed by atoms with van der Waals surface area (Å²) in [6.07, 6.45) is 12.3. The highest BCUT2D eigenvalue weighted by atomic mass is 32.2. The summed E-state index contributed by atoms with van der Waals surface area (Å²) in [5.41, 5.74) is 3.53. The number of benzene rings is 1. The van der Waals surface area contributed by atoms with E-state index >= 15 is 0 Å². The fourth-order valence-corrected chi connectivity index (χ4v) is 4.32. The molecule has 1 aromatic carbocycles. The molecule has 164 valence electrons. The number of H-pyrrole nitrogens is 1. The zero-order chi connectivity index (χ0) is 21.9. The van der Waals surface area contributed by atoms with E-state index in [0.717, 1.165) is 28.2 Å². The summed E-state index contributed by atoms with van der Waals surface area (Å²) >= 11 is 1.61. The Bertz CT molecular complexity index is 1010. The van der Waals surface area contributed by atoms with Crippen LogP contribution in [0.15, 0.2) is 64.8 Å². The second-order valence-electron chi connectivity index (χ2n) is 7.95. The first-order valence-corrected chi connectivity index (χ1v) is 12.1. The van der Waals surface area contributed by atoms with Crippen LogP contribution in [-0.4, -0.2) is 20.9 Å². The van der Waals surface area contributed by atoms with E-state index in [-0.39, 0.29) is 5.56 Å². The number of nitrogens with one attached hydrogen (secondary N) is 1. The quantitative estimate of drug-likeness (QED) is 0.139. The van der Waals surface area contributed by atoms with Crippen molar-refractivity contribution in [3.8, 4) is 0 Å². The van der Waals surface area contributed by atoms with Gasteiger partial charge in [-0.15, -0.1) is 0 Å². The van der Waals surface area contributed by atoms with Crippen LogP contribution in [0.1, 0.15) is 60.9 Å². The molecule has 0 aliphatic rings. The van der Waals surface area contributed by atoms with Crippen LogP contribution in [0.25, 0.3) is 0 Å². The van der Waals surface area contributed by atoms with Crippen molar-refractivity contribution >= 4 is 11.8 Å². The first-order valence-electron chi connectivity index (χ1n) is 11.1. The Labute approximate surface area is 188 Å². The molecule has 0 amide bonds. The lowest BCUT2D eigenvalue weighted by Gasteiger charge is -2.04. The van der Waals surface area contributed by atoms with Gasteiger partial charge in [-0.1, -0.05) is 67.8 Å². The second-order valence-corrected chi connectivity index (χ2v) is 9.03. The average Bonchev–Trinajstić information content (AvgIpc) is 2.77. The fourth-order valence-electron chi connectivity index (χ4n) is 3.49. The van der Waals surface area contributed by atoms with E-state index in [9.17, 15) is 10.0 Å². The van der Waals surface area contributed by atoms with Crippen molar-refractivity contribution < 1.29 is 9.94 Å². The SMILES string of the molecule is Cc1ccc(Cc2cnc(SCCCCCCCCc3ccccc3)[nH]c2=O)c[n+]1O. The molecule has 3 aromatic rings. The molecule has 0 aliphatic carbocycles. The topological polar surface area (TPSA) is 69.9 Å². The number of aromatic nitrogens is 3. The standard InChI is InChI=1S/C25H31N3O2S/c1-20-14-15-22(19-28(20)30)17-23-18-26-25(27-24(23)29)31-16-10-5-3-2-4-7-11-21-12-8-6-9-13-21/h6,8-9,12-15,18-19H,2-5,7,10-11,16-17H2,1H3,(H-,26,27,29,30)/p+1. The molecule has 6 heteroatoms. The summed E-state index contributed by atoms with van der Waals surface area (Å²) in [4.78, 5) is 19.6. The highest BCUT2D eigenvalue weighted by molar-refractivity contribution is 7.99. The predicted octanol–water partition coefficient (Wildman–Crippen LogP) is 4.87.